The minimum absolute atomic E-state index is 0.0619. The van der Waals surface area contributed by atoms with Gasteiger partial charge in [-0.25, -0.2) is 4.39 Å². The molecule has 1 aromatic heterocycles. The number of anilines is 1. The first-order chi connectivity index (χ1) is 8.97. The number of hydrogen-bond acceptors (Lipinski definition) is 3. The van der Waals surface area contributed by atoms with Gasteiger partial charge in [-0.1, -0.05) is 0 Å². The summed E-state index contributed by atoms with van der Waals surface area (Å²) in [5.41, 5.74) is 0.301. The second-order valence-corrected chi connectivity index (χ2v) is 4.77. The Kier molecular flexibility index (Phi) is 3.79. The standard InChI is InChI=1S/C11H7FIN3O3/c12-6-1-2-9(8(13)3-6)15-11(17)10-4-7(5-14-10)16(18)19/h1-5,14H,(H,15,17). The fourth-order valence-electron chi connectivity index (χ4n) is 1.40. The number of nitrogens with one attached hydrogen (secondary N) is 2. The highest BCUT2D eigenvalue weighted by atomic mass is 127. The van der Waals surface area contributed by atoms with Crippen LogP contribution in [-0.2, 0) is 0 Å². The molecular formula is C11H7FIN3O3. The van der Waals surface area contributed by atoms with Crippen molar-refractivity contribution in [3.05, 3.63) is 55.7 Å². The summed E-state index contributed by atoms with van der Waals surface area (Å²) >= 11 is 1.88. The zero-order valence-corrected chi connectivity index (χ0v) is 11.5. The number of amides is 1. The Morgan fingerprint density at radius 1 is 1.42 bits per heavy atom. The Morgan fingerprint density at radius 3 is 2.74 bits per heavy atom. The zero-order chi connectivity index (χ0) is 14.0. The number of carbonyl (C=O) groups is 1. The van der Waals surface area contributed by atoms with Gasteiger partial charge in [-0.15, -0.1) is 0 Å². The summed E-state index contributed by atoms with van der Waals surface area (Å²) in [6.45, 7) is 0. The van der Waals surface area contributed by atoms with Crippen molar-refractivity contribution < 1.29 is 14.1 Å². The highest BCUT2D eigenvalue weighted by molar-refractivity contribution is 14.1. The van der Waals surface area contributed by atoms with Crippen molar-refractivity contribution in [1.82, 2.24) is 4.98 Å². The number of carbonyl (C=O) groups excluding carboxylic acids is 1. The minimum atomic E-state index is -0.602. The Labute approximate surface area is 120 Å². The molecule has 0 aliphatic carbocycles. The third-order valence-electron chi connectivity index (χ3n) is 2.30. The number of hydrogen-bond donors (Lipinski definition) is 2. The van der Waals surface area contributed by atoms with Crippen molar-refractivity contribution in [2.45, 2.75) is 0 Å². The van der Waals surface area contributed by atoms with Gasteiger partial charge in [0.1, 0.15) is 11.5 Å². The third-order valence-corrected chi connectivity index (χ3v) is 3.20. The molecule has 0 spiro atoms. The Bertz CT molecular complexity index is 656. The van der Waals surface area contributed by atoms with Gasteiger partial charge in [0.25, 0.3) is 11.6 Å². The van der Waals surface area contributed by atoms with E-state index in [0.717, 1.165) is 12.3 Å². The van der Waals surface area contributed by atoms with Crippen LogP contribution in [0.15, 0.2) is 30.5 Å². The van der Waals surface area contributed by atoms with E-state index < -0.39 is 16.6 Å². The second kappa shape index (κ2) is 5.34. The van der Waals surface area contributed by atoms with Crippen LogP contribution in [0.3, 0.4) is 0 Å². The number of nitrogens with zero attached hydrogens (tertiary/aromatic N) is 1. The van der Waals surface area contributed by atoms with Gasteiger partial charge >= 0.3 is 0 Å². The number of halogens is 2. The maximum atomic E-state index is 12.9. The number of nitro groups is 1. The topological polar surface area (TPSA) is 88.0 Å². The first kappa shape index (κ1) is 13.5. The van der Waals surface area contributed by atoms with Gasteiger partial charge in [-0.3, -0.25) is 14.9 Å². The largest absolute Gasteiger partial charge is 0.351 e. The quantitative estimate of drug-likeness (QED) is 0.491. The van der Waals surface area contributed by atoms with Crippen LogP contribution in [0.2, 0.25) is 0 Å². The predicted molar refractivity (Wildman–Crippen MR) is 74.5 cm³/mol. The lowest BCUT2D eigenvalue weighted by atomic mass is 10.3. The van der Waals surface area contributed by atoms with E-state index in [1.807, 2.05) is 22.6 Å². The molecule has 0 radical (unpaired) electrons. The number of H-pyrrole nitrogens is 1. The first-order valence-corrected chi connectivity index (χ1v) is 6.14. The van der Waals surface area contributed by atoms with Crippen LogP contribution in [0.5, 0.6) is 0 Å². The van der Waals surface area contributed by atoms with Crippen LogP contribution in [0.4, 0.5) is 15.8 Å². The first-order valence-electron chi connectivity index (χ1n) is 5.06. The van der Waals surface area contributed by atoms with E-state index in [1.54, 1.807) is 0 Å². The molecule has 6 nitrogen and oxygen atoms in total. The molecule has 1 amide bonds. The number of rotatable bonds is 3. The molecule has 0 aliphatic rings. The maximum Gasteiger partial charge on any atom is 0.287 e. The van der Waals surface area contributed by atoms with E-state index in [2.05, 4.69) is 10.3 Å². The molecule has 0 aliphatic heterocycles. The summed E-state index contributed by atoms with van der Waals surface area (Å²) in [4.78, 5) is 24.2. The molecule has 0 saturated heterocycles. The molecular weight excluding hydrogens is 368 g/mol. The van der Waals surface area contributed by atoms with Crippen molar-refractivity contribution in [3.8, 4) is 0 Å². The Balaban J connectivity index is 2.18. The van der Waals surface area contributed by atoms with Gasteiger partial charge < -0.3 is 10.3 Å². The highest BCUT2D eigenvalue weighted by Gasteiger charge is 2.15. The molecule has 0 bridgehead atoms. The molecule has 1 aromatic carbocycles. The molecule has 8 heteroatoms. The number of aromatic amines is 1. The van der Waals surface area contributed by atoms with E-state index in [1.165, 1.54) is 18.2 Å². The molecule has 2 rings (SSSR count). The lowest BCUT2D eigenvalue weighted by molar-refractivity contribution is -0.384. The van der Waals surface area contributed by atoms with Crippen molar-refractivity contribution in [2.24, 2.45) is 0 Å². The Hall–Kier alpha value is -1.97. The summed E-state index contributed by atoms with van der Waals surface area (Å²) in [7, 11) is 0. The van der Waals surface area contributed by atoms with Crippen LogP contribution in [0.25, 0.3) is 0 Å². The van der Waals surface area contributed by atoms with Crippen LogP contribution < -0.4 is 5.32 Å². The molecule has 0 unspecified atom stereocenters. The molecule has 1 heterocycles. The summed E-state index contributed by atoms with van der Waals surface area (Å²) in [6, 6.07) is 5.04. The summed E-state index contributed by atoms with van der Waals surface area (Å²) in [5.74, 6) is -0.935. The summed E-state index contributed by atoms with van der Waals surface area (Å²) in [5, 5.41) is 13.0. The molecule has 0 atom stereocenters. The van der Waals surface area contributed by atoms with E-state index in [9.17, 15) is 19.3 Å². The normalized spacial score (nSPS) is 10.2. The van der Waals surface area contributed by atoms with Crippen molar-refractivity contribution in [2.75, 3.05) is 5.32 Å². The van der Waals surface area contributed by atoms with E-state index in [-0.39, 0.29) is 11.4 Å². The average molecular weight is 375 g/mol. The van der Waals surface area contributed by atoms with Gasteiger partial charge in [0.05, 0.1) is 16.8 Å². The van der Waals surface area contributed by atoms with Crippen molar-refractivity contribution in [1.29, 1.82) is 0 Å². The summed E-state index contributed by atoms with van der Waals surface area (Å²) < 4.78 is 13.4. The monoisotopic (exact) mass is 375 g/mol. The summed E-state index contributed by atoms with van der Waals surface area (Å²) in [6.07, 6.45) is 1.13. The fourth-order valence-corrected chi connectivity index (χ4v) is 2.01. The van der Waals surface area contributed by atoms with Crippen molar-refractivity contribution in [3.63, 3.8) is 0 Å². The fraction of sp³-hybridized carbons (Fsp3) is 0. The van der Waals surface area contributed by atoms with Crippen molar-refractivity contribution >= 4 is 39.9 Å². The van der Waals surface area contributed by atoms with Crippen LogP contribution in [0.1, 0.15) is 10.5 Å². The average Bonchev–Trinajstić information content (AvgIpc) is 2.82. The second-order valence-electron chi connectivity index (χ2n) is 3.61. The molecule has 98 valence electrons. The minimum Gasteiger partial charge on any atom is -0.351 e. The van der Waals surface area contributed by atoms with Gasteiger partial charge in [-0.05, 0) is 40.8 Å². The SMILES string of the molecule is O=C(Nc1ccc(F)cc1I)c1cc([N+](=O)[O-])c[nH]1. The third kappa shape index (κ3) is 3.08. The lowest BCUT2D eigenvalue weighted by Gasteiger charge is -2.05. The molecule has 19 heavy (non-hydrogen) atoms. The van der Waals surface area contributed by atoms with Crippen LogP contribution in [-0.4, -0.2) is 15.8 Å². The van der Waals surface area contributed by atoms with E-state index in [4.69, 9.17) is 0 Å². The lowest BCUT2D eigenvalue weighted by Crippen LogP contribution is -2.13. The Morgan fingerprint density at radius 2 is 2.16 bits per heavy atom. The van der Waals surface area contributed by atoms with E-state index >= 15 is 0 Å². The van der Waals surface area contributed by atoms with Crippen LogP contribution >= 0.6 is 22.6 Å². The van der Waals surface area contributed by atoms with Crippen LogP contribution in [0, 0.1) is 19.5 Å². The van der Waals surface area contributed by atoms with Gasteiger partial charge in [-0.2, -0.15) is 0 Å². The van der Waals surface area contributed by atoms with Gasteiger partial charge in [0.15, 0.2) is 0 Å². The molecule has 0 saturated carbocycles. The zero-order valence-electron chi connectivity index (χ0n) is 9.31. The smallest absolute Gasteiger partial charge is 0.287 e. The number of benzene rings is 1. The molecule has 2 aromatic rings. The highest BCUT2D eigenvalue weighted by Crippen LogP contribution is 2.20. The number of aromatic nitrogens is 1. The van der Waals surface area contributed by atoms with E-state index in [0.29, 0.717) is 9.26 Å². The van der Waals surface area contributed by atoms with Gasteiger partial charge in [0, 0.05) is 9.64 Å². The predicted octanol–water partition coefficient (Wildman–Crippen LogP) is 2.92. The molecule has 2 N–H and O–H groups in total. The maximum absolute atomic E-state index is 12.9. The van der Waals surface area contributed by atoms with Gasteiger partial charge in [0.2, 0.25) is 0 Å². The molecule has 0 fully saturated rings.